The van der Waals surface area contributed by atoms with Gasteiger partial charge in [0, 0.05) is 36.6 Å². The van der Waals surface area contributed by atoms with E-state index in [9.17, 15) is 4.79 Å². The minimum Gasteiger partial charge on any atom is -0.451 e. The Labute approximate surface area is 124 Å². The Morgan fingerprint density at radius 1 is 1.43 bits per heavy atom. The second-order valence-electron chi connectivity index (χ2n) is 5.94. The van der Waals surface area contributed by atoms with Crippen LogP contribution >= 0.6 is 0 Å². The van der Waals surface area contributed by atoms with Gasteiger partial charge in [-0.15, -0.1) is 0 Å². The molecule has 1 saturated heterocycles. The molecule has 0 saturated carbocycles. The summed E-state index contributed by atoms with van der Waals surface area (Å²) < 4.78 is 5.85. The average molecular weight is 287 g/mol. The topological polar surface area (TPSA) is 62.7 Å². The van der Waals surface area contributed by atoms with Gasteiger partial charge in [-0.25, -0.2) is 0 Å². The summed E-state index contributed by atoms with van der Waals surface area (Å²) in [6, 6.07) is 7.88. The number of fused-ring (bicyclic) bond motifs is 1. The Morgan fingerprint density at radius 2 is 2.19 bits per heavy atom. The molecule has 3 rings (SSSR count). The zero-order valence-corrected chi connectivity index (χ0v) is 12.5. The maximum Gasteiger partial charge on any atom is 0.290 e. The van der Waals surface area contributed by atoms with E-state index in [1.54, 1.807) is 4.90 Å². The number of hydrogen-bond donors (Lipinski definition) is 1. The number of nitrogens with zero attached hydrogens (tertiary/aromatic N) is 2. The van der Waals surface area contributed by atoms with Crippen LogP contribution in [0.15, 0.2) is 28.7 Å². The number of furan rings is 1. The highest BCUT2D eigenvalue weighted by Gasteiger charge is 2.29. The van der Waals surface area contributed by atoms with Crippen molar-refractivity contribution in [2.24, 2.45) is 5.73 Å². The van der Waals surface area contributed by atoms with Gasteiger partial charge in [-0.2, -0.15) is 0 Å². The number of hydrogen-bond acceptors (Lipinski definition) is 4. The molecule has 112 valence electrons. The van der Waals surface area contributed by atoms with E-state index in [0.717, 1.165) is 23.0 Å². The Morgan fingerprint density at radius 3 is 2.86 bits per heavy atom. The second-order valence-corrected chi connectivity index (χ2v) is 5.94. The van der Waals surface area contributed by atoms with Crippen LogP contribution in [0.3, 0.4) is 0 Å². The molecule has 1 aliphatic rings. The summed E-state index contributed by atoms with van der Waals surface area (Å²) in [5, 5.41) is 1.01. The summed E-state index contributed by atoms with van der Waals surface area (Å²) in [5.74, 6) is 0.412. The molecule has 2 aromatic rings. The van der Waals surface area contributed by atoms with Crippen molar-refractivity contribution in [2.45, 2.75) is 19.0 Å². The standard InChI is InChI=1S/C16H21N3O2/c1-18(2)10-13-12-5-3-4-6-14(12)21-15(13)16(20)19-8-7-11(17)9-19/h3-6,11H,7-10,17H2,1-2H3. The van der Waals surface area contributed by atoms with Crippen LogP contribution in [0.25, 0.3) is 11.0 Å². The summed E-state index contributed by atoms with van der Waals surface area (Å²) >= 11 is 0. The first-order valence-corrected chi connectivity index (χ1v) is 7.26. The molecule has 1 aliphatic heterocycles. The van der Waals surface area contributed by atoms with Crippen molar-refractivity contribution in [3.8, 4) is 0 Å². The number of rotatable bonds is 3. The fourth-order valence-corrected chi connectivity index (χ4v) is 2.86. The molecular formula is C16H21N3O2. The molecule has 2 N–H and O–H groups in total. The fourth-order valence-electron chi connectivity index (χ4n) is 2.86. The molecule has 5 heteroatoms. The molecular weight excluding hydrogens is 266 g/mol. The number of carbonyl (C=O) groups is 1. The van der Waals surface area contributed by atoms with Crippen LogP contribution in [0.4, 0.5) is 0 Å². The highest BCUT2D eigenvalue weighted by molar-refractivity contribution is 5.99. The smallest absolute Gasteiger partial charge is 0.290 e. The highest BCUT2D eigenvalue weighted by Crippen LogP contribution is 2.28. The van der Waals surface area contributed by atoms with Gasteiger partial charge in [0.15, 0.2) is 5.76 Å². The molecule has 5 nitrogen and oxygen atoms in total. The highest BCUT2D eigenvalue weighted by atomic mass is 16.3. The minimum absolute atomic E-state index is 0.0454. The minimum atomic E-state index is -0.0454. The van der Waals surface area contributed by atoms with Gasteiger partial charge in [-0.1, -0.05) is 18.2 Å². The maximum absolute atomic E-state index is 12.7. The maximum atomic E-state index is 12.7. The van der Waals surface area contributed by atoms with Gasteiger partial charge >= 0.3 is 0 Å². The summed E-state index contributed by atoms with van der Waals surface area (Å²) in [6.07, 6.45) is 0.856. The summed E-state index contributed by atoms with van der Waals surface area (Å²) in [6.45, 7) is 1.99. The van der Waals surface area contributed by atoms with Crippen LogP contribution in [0.5, 0.6) is 0 Å². The third kappa shape index (κ3) is 2.66. The largest absolute Gasteiger partial charge is 0.451 e. The quantitative estimate of drug-likeness (QED) is 0.932. The number of para-hydroxylation sites is 1. The van der Waals surface area contributed by atoms with Gasteiger partial charge in [-0.05, 0) is 26.6 Å². The molecule has 1 amide bonds. The molecule has 1 aromatic heterocycles. The van der Waals surface area contributed by atoms with Crippen molar-refractivity contribution in [3.63, 3.8) is 0 Å². The van der Waals surface area contributed by atoms with Crippen LogP contribution in [0, 0.1) is 0 Å². The SMILES string of the molecule is CN(C)Cc1c(C(=O)N2CCC(N)C2)oc2ccccc12. The molecule has 2 heterocycles. The molecule has 1 aromatic carbocycles. The van der Waals surface area contributed by atoms with Gasteiger partial charge in [0.1, 0.15) is 5.58 Å². The van der Waals surface area contributed by atoms with Crippen molar-refractivity contribution in [1.29, 1.82) is 0 Å². The summed E-state index contributed by atoms with van der Waals surface area (Å²) in [5.41, 5.74) is 7.63. The molecule has 1 atom stereocenters. The molecule has 0 radical (unpaired) electrons. The van der Waals surface area contributed by atoms with E-state index in [-0.39, 0.29) is 11.9 Å². The van der Waals surface area contributed by atoms with E-state index < -0.39 is 0 Å². The summed E-state index contributed by atoms with van der Waals surface area (Å²) in [7, 11) is 3.98. The molecule has 21 heavy (non-hydrogen) atoms. The molecule has 0 bridgehead atoms. The zero-order valence-electron chi connectivity index (χ0n) is 12.5. The third-order valence-corrected chi connectivity index (χ3v) is 3.88. The number of likely N-dealkylation sites (tertiary alicyclic amines) is 1. The lowest BCUT2D eigenvalue weighted by atomic mass is 10.1. The molecule has 0 aliphatic carbocycles. The summed E-state index contributed by atoms with van der Waals surface area (Å²) in [4.78, 5) is 16.6. The predicted octanol–water partition coefficient (Wildman–Crippen LogP) is 1.67. The normalized spacial score (nSPS) is 18.9. The first kappa shape index (κ1) is 14.1. The van der Waals surface area contributed by atoms with Crippen LogP contribution < -0.4 is 5.73 Å². The van der Waals surface area contributed by atoms with E-state index in [4.69, 9.17) is 10.2 Å². The van der Waals surface area contributed by atoms with Crippen molar-refractivity contribution in [1.82, 2.24) is 9.80 Å². The lowest BCUT2D eigenvalue weighted by Gasteiger charge is -2.16. The lowest BCUT2D eigenvalue weighted by Crippen LogP contribution is -2.32. The van der Waals surface area contributed by atoms with Gasteiger partial charge in [0.25, 0.3) is 5.91 Å². The Hall–Kier alpha value is -1.85. The van der Waals surface area contributed by atoms with Crippen molar-refractivity contribution < 1.29 is 9.21 Å². The van der Waals surface area contributed by atoms with Gasteiger partial charge in [0.05, 0.1) is 0 Å². The Bertz CT molecular complexity index is 663. The van der Waals surface area contributed by atoms with E-state index in [1.807, 2.05) is 43.3 Å². The number of amides is 1. The number of carbonyl (C=O) groups excluding carboxylic acids is 1. The van der Waals surface area contributed by atoms with E-state index in [1.165, 1.54) is 0 Å². The molecule has 1 fully saturated rings. The lowest BCUT2D eigenvalue weighted by molar-refractivity contribution is 0.0759. The molecule has 1 unspecified atom stereocenters. The van der Waals surface area contributed by atoms with Crippen molar-refractivity contribution >= 4 is 16.9 Å². The predicted molar refractivity (Wildman–Crippen MR) is 82.1 cm³/mol. The molecule has 0 spiro atoms. The zero-order chi connectivity index (χ0) is 15.0. The van der Waals surface area contributed by atoms with E-state index in [2.05, 4.69) is 0 Å². The monoisotopic (exact) mass is 287 g/mol. The first-order chi connectivity index (χ1) is 10.1. The van der Waals surface area contributed by atoms with Crippen molar-refractivity contribution in [3.05, 3.63) is 35.6 Å². The van der Waals surface area contributed by atoms with Crippen LogP contribution in [0.2, 0.25) is 0 Å². The van der Waals surface area contributed by atoms with Crippen LogP contribution in [-0.2, 0) is 6.54 Å². The van der Waals surface area contributed by atoms with Crippen LogP contribution in [-0.4, -0.2) is 48.9 Å². The van der Waals surface area contributed by atoms with Gasteiger partial charge < -0.3 is 20.0 Å². The Kier molecular flexibility index (Phi) is 3.69. The van der Waals surface area contributed by atoms with E-state index >= 15 is 0 Å². The second kappa shape index (κ2) is 5.50. The average Bonchev–Trinajstić information content (AvgIpc) is 3.03. The van der Waals surface area contributed by atoms with Gasteiger partial charge in [0.2, 0.25) is 0 Å². The van der Waals surface area contributed by atoms with Crippen molar-refractivity contribution in [2.75, 3.05) is 27.2 Å². The van der Waals surface area contributed by atoms with Crippen LogP contribution in [0.1, 0.15) is 22.5 Å². The fraction of sp³-hybridized carbons (Fsp3) is 0.438. The number of nitrogens with two attached hydrogens (primary N) is 1. The van der Waals surface area contributed by atoms with E-state index in [0.29, 0.717) is 25.4 Å². The first-order valence-electron chi connectivity index (χ1n) is 7.26. The third-order valence-electron chi connectivity index (χ3n) is 3.88. The van der Waals surface area contributed by atoms with Gasteiger partial charge in [-0.3, -0.25) is 4.79 Å². The Balaban J connectivity index is 2.02. The number of benzene rings is 1.